The first kappa shape index (κ1) is 13.8. The maximum absolute atomic E-state index is 13.4. The van der Waals surface area contributed by atoms with Crippen LogP contribution in [0.25, 0.3) is 11.0 Å². The molecule has 1 aromatic heterocycles. The number of hydrogen-bond acceptors (Lipinski definition) is 2. The molecule has 0 radical (unpaired) electrons. The van der Waals surface area contributed by atoms with Gasteiger partial charge in [0, 0.05) is 10.9 Å². The summed E-state index contributed by atoms with van der Waals surface area (Å²) < 4.78 is 32.7. The van der Waals surface area contributed by atoms with Gasteiger partial charge in [0.25, 0.3) is 0 Å². The van der Waals surface area contributed by atoms with E-state index in [1.807, 2.05) is 13.0 Å². The molecule has 108 valence electrons. The second-order valence-corrected chi connectivity index (χ2v) is 5.01. The molecule has 0 fully saturated rings. The highest BCUT2D eigenvalue weighted by molar-refractivity contribution is 5.82. The van der Waals surface area contributed by atoms with Crippen molar-refractivity contribution in [2.45, 2.75) is 13.0 Å². The van der Waals surface area contributed by atoms with Crippen molar-refractivity contribution in [3.8, 4) is 0 Å². The Kier molecular flexibility index (Phi) is 3.47. The topological polar surface area (TPSA) is 25.2 Å². The molecule has 1 heterocycles. The van der Waals surface area contributed by atoms with E-state index < -0.39 is 0 Å². The van der Waals surface area contributed by atoms with Crippen LogP contribution in [0.5, 0.6) is 0 Å². The van der Waals surface area contributed by atoms with E-state index in [0.29, 0.717) is 11.3 Å². The van der Waals surface area contributed by atoms with Gasteiger partial charge in [0.2, 0.25) is 0 Å². The van der Waals surface area contributed by atoms with E-state index in [9.17, 15) is 8.78 Å². The fraction of sp³-hybridized carbons (Fsp3) is 0.176. The number of fused-ring (bicyclic) bond motifs is 1. The Morgan fingerprint density at radius 1 is 1.05 bits per heavy atom. The summed E-state index contributed by atoms with van der Waals surface area (Å²) in [6.45, 7) is 1.88. The van der Waals surface area contributed by atoms with Gasteiger partial charge in [-0.05, 0) is 49.9 Å². The Hall–Kier alpha value is -2.20. The lowest BCUT2D eigenvalue weighted by molar-refractivity contribution is 0.486. The number of nitrogens with one attached hydrogen (secondary N) is 1. The van der Waals surface area contributed by atoms with E-state index in [1.165, 1.54) is 24.3 Å². The third-order valence-electron chi connectivity index (χ3n) is 3.67. The van der Waals surface area contributed by atoms with Gasteiger partial charge in [0.1, 0.15) is 23.0 Å². The van der Waals surface area contributed by atoms with Crippen LogP contribution in [0.4, 0.5) is 8.78 Å². The van der Waals surface area contributed by atoms with E-state index in [0.717, 1.165) is 16.5 Å². The third kappa shape index (κ3) is 2.43. The highest BCUT2D eigenvalue weighted by Crippen LogP contribution is 2.33. The zero-order valence-corrected chi connectivity index (χ0v) is 11.8. The second kappa shape index (κ2) is 5.30. The quantitative estimate of drug-likeness (QED) is 0.775. The van der Waals surface area contributed by atoms with Crippen LogP contribution < -0.4 is 5.32 Å². The fourth-order valence-electron chi connectivity index (χ4n) is 2.62. The molecule has 3 rings (SSSR count). The minimum absolute atomic E-state index is 0.281. The molecule has 1 atom stereocenters. The number of halogens is 2. The van der Waals surface area contributed by atoms with Crippen molar-refractivity contribution in [3.05, 3.63) is 71.0 Å². The number of aryl methyl sites for hydroxylation is 1. The number of benzene rings is 2. The van der Waals surface area contributed by atoms with Crippen molar-refractivity contribution in [2.75, 3.05) is 7.05 Å². The lowest BCUT2D eigenvalue weighted by atomic mass is 10.0. The van der Waals surface area contributed by atoms with Crippen molar-refractivity contribution in [3.63, 3.8) is 0 Å². The van der Waals surface area contributed by atoms with Gasteiger partial charge in [-0.3, -0.25) is 0 Å². The molecule has 0 saturated heterocycles. The summed E-state index contributed by atoms with van der Waals surface area (Å²) in [4.78, 5) is 0. The molecule has 2 aromatic carbocycles. The molecule has 1 N–H and O–H groups in total. The molecule has 0 saturated carbocycles. The molecule has 1 unspecified atom stereocenters. The standard InChI is InChI=1S/C17H15F2NO/c1-10-14-9-13(19)6-7-15(14)21-17(10)16(20-2)11-4-3-5-12(18)8-11/h3-9,16,20H,1-2H3. The highest BCUT2D eigenvalue weighted by Gasteiger charge is 2.21. The zero-order valence-electron chi connectivity index (χ0n) is 11.8. The molecule has 0 amide bonds. The first-order valence-corrected chi connectivity index (χ1v) is 6.71. The zero-order chi connectivity index (χ0) is 15.0. The summed E-state index contributed by atoms with van der Waals surface area (Å²) >= 11 is 0. The largest absolute Gasteiger partial charge is 0.459 e. The lowest BCUT2D eigenvalue weighted by Crippen LogP contribution is -2.18. The van der Waals surface area contributed by atoms with Gasteiger partial charge in [0.15, 0.2) is 0 Å². The Bertz CT molecular complexity index is 795. The predicted molar refractivity (Wildman–Crippen MR) is 78.2 cm³/mol. The maximum atomic E-state index is 13.4. The summed E-state index contributed by atoms with van der Waals surface area (Å²) in [6, 6.07) is 10.5. The first-order chi connectivity index (χ1) is 10.1. The van der Waals surface area contributed by atoms with Gasteiger partial charge in [0.05, 0.1) is 6.04 Å². The van der Waals surface area contributed by atoms with Crippen LogP contribution in [-0.2, 0) is 0 Å². The SMILES string of the molecule is CNC(c1cccc(F)c1)c1oc2ccc(F)cc2c1C. The number of hydrogen-bond donors (Lipinski definition) is 1. The smallest absolute Gasteiger partial charge is 0.134 e. The Morgan fingerprint density at radius 3 is 2.52 bits per heavy atom. The first-order valence-electron chi connectivity index (χ1n) is 6.71. The Morgan fingerprint density at radius 2 is 1.81 bits per heavy atom. The summed E-state index contributed by atoms with van der Waals surface area (Å²) in [5, 5.41) is 3.86. The minimum atomic E-state index is -0.301. The molecule has 0 aliphatic carbocycles. The van der Waals surface area contributed by atoms with Crippen LogP contribution in [-0.4, -0.2) is 7.05 Å². The van der Waals surface area contributed by atoms with Crippen molar-refractivity contribution >= 4 is 11.0 Å². The van der Waals surface area contributed by atoms with Crippen LogP contribution in [0.3, 0.4) is 0 Å². The average molecular weight is 287 g/mol. The molecular weight excluding hydrogens is 272 g/mol. The fourth-order valence-corrected chi connectivity index (χ4v) is 2.62. The molecule has 4 heteroatoms. The maximum Gasteiger partial charge on any atom is 0.134 e. The average Bonchev–Trinajstić information content (AvgIpc) is 2.77. The van der Waals surface area contributed by atoms with Crippen LogP contribution in [0.2, 0.25) is 0 Å². The third-order valence-corrected chi connectivity index (χ3v) is 3.67. The summed E-state index contributed by atoms with van der Waals surface area (Å²) in [5.74, 6) is 0.0703. The second-order valence-electron chi connectivity index (χ2n) is 5.01. The van der Waals surface area contributed by atoms with Crippen molar-refractivity contribution in [1.82, 2.24) is 5.32 Å². The Labute approximate surface area is 121 Å². The highest BCUT2D eigenvalue weighted by atomic mass is 19.1. The summed E-state index contributed by atoms with van der Waals surface area (Å²) in [7, 11) is 1.78. The minimum Gasteiger partial charge on any atom is -0.459 e. The summed E-state index contributed by atoms with van der Waals surface area (Å²) in [6.07, 6.45) is 0. The van der Waals surface area contributed by atoms with Gasteiger partial charge in [-0.2, -0.15) is 0 Å². The lowest BCUT2D eigenvalue weighted by Gasteiger charge is -2.15. The molecule has 0 spiro atoms. The molecular formula is C17H15F2NO. The molecule has 0 aliphatic heterocycles. The van der Waals surface area contributed by atoms with E-state index in [2.05, 4.69) is 5.32 Å². The van der Waals surface area contributed by atoms with Crippen molar-refractivity contribution < 1.29 is 13.2 Å². The van der Waals surface area contributed by atoms with E-state index in [-0.39, 0.29) is 17.7 Å². The molecule has 2 nitrogen and oxygen atoms in total. The molecule has 21 heavy (non-hydrogen) atoms. The monoisotopic (exact) mass is 287 g/mol. The van der Waals surface area contributed by atoms with Gasteiger partial charge >= 0.3 is 0 Å². The summed E-state index contributed by atoms with van der Waals surface area (Å²) in [5.41, 5.74) is 2.24. The van der Waals surface area contributed by atoms with Gasteiger partial charge < -0.3 is 9.73 Å². The van der Waals surface area contributed by atoms with Crippen LogP contribution in [0.15, 0.2) is 46.9 Å². The van der Waals surface area contributed by atoms with E-state index in [4.69, 9.17) is 4.42 Å². The van der Waals surface area contributed by atoms with E-state index in [1.54, 1.807) is 19.2 Å². The van der Waals surface area contributed by atoms with Crippen LogP contribution in [0, 0.1) is 18.6 Å². The van der Waals surface area contributed by atoms with E-state index >= 15 is 0 Å². The van der Waals surface area contributed by atoms with Gasteiger partial charge in [-0.25, -0.2) is 8.78 Å². The molecule has 3 aromatic rings. The van der Waals surface area contributed by atoms with Gasteiger partial charge in [-0.15, -0.1) is 0 Å². The Balaban J connectivity index is 2.15. The van der Waals surface area contributed by atoms with Crippen molar-refractivity contribution in [1.29, 1.82) is 0 Å². The molecule has 0 bridgehead atoms. The predicted octanol–water partition coefficient (Wildman–Crippen LogP) is 4.33. The van der Waals surface area contributed by atoms with Crippen molar-refractivity contribution in [2.24, 2.45) is 0 Å². The van der Waals surface area contributed by atoms with Crippen LogP contribution in [0.1, 0.15) is 22.9 Å². The molecule has 0 aliphatic rings. The van der Waals surface area contributed by atoms with Gasteiger partial charge in [-0.1, -0.05) is 12.1 Å². The number of rotatable bonds is 3. The number of furan rings is 1. The van der Waals surface area contributed by atoms with Crippen LogP contribution >= 0.6 is 0 Å². The normalized spacial score (nSPS) is 12.8.